The molecule has 0 aliphatic rings. The van der Waals surface area contributed by atoms with Crippen LogP contribution in [-0.2, 0) is 15.7 Å². The summed E-state index contributed by atoms with van der Waals surface area (Å²) in [5.74, 6) is -1.15. The number of amides is 1. The minimum Gasteiger partial charge on any atom is -0.462 e. The van der Waals surface area contributed by atoms with Crippen LogP contribution in [0.25, 0.3) is 17.2 Å². The first-order chi connectivity index (χ1) is 14.8. The van der Waals surface area contributed by atoms with Gasteiger partial charge in [-0.25, -0.2) is 4.79 Å². The lowest BCUT2D eigenvalue weighted by atomic mass is 10.0. The van der Waals surface area contributed by atoms with Gasteiger partial charge in [0.1, 0.15) is 10.6 Å². The van der Waals surface area contributed by atoms with Crippen molar-refractivity contribution in [3.63, 3.8) is 0 Å². The topological polar surface area (TPSA) is 55.4 Å². The number of carbonyl (C=O) groups excluding carboxylic acids is 2. The smallest absolute Gasteiger partial charge is 0.416 e. The molecular formula is C23H18F3NO3S. The van der Waals surface area contributed by atoms with Gasteiger partial charge in [-0.05, 0) is 36.3 Å². The molecule has 1 N–H and O–H groups in total. The molecular weight excluding hydrogens is 427 g/mol. The predicted octanol–water partition coefficient (Wildman–Crippen LogP) is 6.26. The van der Waals surface area contributed by atoms with Gasteiger partial charge >= 0.3 is 12.1 Å². The number of hydrogen-bond acceptors (Lipinski definition) is 4. The van der Waals surface area contributed by atoms with E-state index in [9.17, 15) is 22.8 Å². The van der Waals surface area contributed by atoms with E-state index in [4.69, 9.17) is 4.74 Å². The quantitative estimate of drug-likeness (QED) is 0.360. The van der Waals surface area contributed by atoms with Crippen LogP contribution in [0.3, 0.4) is 0 Å². The zero-order valence-corrected chi connectivity index (χ0v) is 17.2. The normalized spacial score (nSPS) is 11.5. The summed E-state index contributed by atoms with van der Waals surface area (Å²) in [5, 5.41) is 4.67. The number of thiophene rings is 1. The maximum Gasteiger partial charge on any atom is 0.416 e. The monoisotopic (exact) mass is 445 g/mol. The van der Waals surface area contributed by atoms with Crippen molar-refractivity contribution in [2.24, 2.45) is 0 Å². The number of rotatable bonds is 6. The maximum absolute atomic E-state index is 12.8. The zero-order valence-electron chi connectivity index (χ0n) is 16.4. The van der Waals surface area contributed by atoms with Crippen molar-refractivity contribution in [1.82, 2.24) is 0 Å². The summed E-state index contributed by atoms with van der Waals surface area (Å²) in [7, 11) is 0. The van der Waals surface area contributed by atoms with Crippen molar-refractivity contribution < 1.29 is 27.5 Å². The van der Waals surface area contributed by atoms with Crippen LogP contribution in [0.5, 0.6) is 0 Å². The molecule has 0 radical (unpaired) electrons. The molecule has 0 spiro atoms. The van der Waals surface area contributed by atoms with Crippen molar-refractivity contribution in [1.29, 1.82) is 0 Å². The van der Waals surface area contributed by atoms with E-state index in [0.717, 1.165) is 23.8 Å². The fourth-order valence-electron chi connectivity index (χ4n) is 2.83. The molecule has 0 unspecified atom stereocenters. The summed E-state index contributed by atoms with van der Waals surface area (Å²) < 4.78 is 43.6. The van der Waals surface area contributed by atoms with E-state index >= 15 is 0 Å². The van der Waals surface area contributed by atoms with Crippen LogP contribution in [0.15, 0.2) is 66.1 Å². The van der Waals surface area contributed by atoms with Crippen molar-refractivity contribution in [2.45, 2.75) is 13.1 Å². The van der Waals surface area contributed by atoms with Crippen molar-refractivity contribution >= 4 is 34.3 Å². The average molecular weight is 445 g/mol. The summed E-state index contributed by atoms with van der Waals surface area (Å²) in [6.45, 7) is 1.86. The number of ether oxygens (including phenoxy) is 1. The Labute approximate surface area is 181 Å². The molecule has 1 aromatic heterocycles. The summed E-state index contributed by atoms with van der Waals surface area (Å²) in [6, 6.07) is 13.8. The van der Waals surface area contributed by atoms with E-state index in [1.54, 1.807) is 12.3 Å². The lowest BCUT2D eigenvalue weighted by molar-refractivity contribution is -0.137. The summed E-state index contributed by atoms with van der Waals surface area (Å²) in [4.78, 5) is 24.9. The number of anilines is 1. The lowest BCUT2D eigenvalue weighted by Crippen LogP contribution is -2.12. The van der Waals surface area contributed by atoms with Crippen molar-refractivity contribution in [3.8, 4) is 11.1 Å². The molecule has 8 heteroatoms. The molecule has 1 heterocycles. The molecule has 0 aliphatic heterocycles. The van der Waals surface area contributed by atoms with E-state index in [0.29, 0.717) is 10.6 Å². The largest absolute Gasteiger partial charge is 0.462 e. The van der Waals surface area contributed by atoms with Gasteiger partial charge < -0.3 is 10.1 Å². The second-order valence-electron chi connectivity index (χ2n) is 6.39. The zero-order chi connectivity index (χ0) is 22.4. The van der Waals surface area contributed by atoms with Crippen LogP contribution in [-0.4, -0.2) is 18.5 Å². The van der Waals surface area contributed by atoms with Gasteiger partial charge in [-0.15, -0.1) is 11.3 Å². The molecule has 2 aromatic carbocycles. The lowest BCUT2D eigenvalue weighted by Gasteiger charge is -2.08. The molecule has 0 saturated heterocycles. The molecule has 0 fully saturated rings. The molecule has 3 aromatic rings. The van der Waals surface area contributed by atoms with E-state index in [1.165, 1.54) is 29.5 Å². The first-order valence-electron chi connectivity index (χ1n) is 9.30. The van der Waals surface area contributed by atoms with Crippen molar-refractivity contribution in [2.75, 3.05) is 11.9 Å². The predicted molar refractivity (Wildman–Crippen MR) is 115 cm³/mol. The maximum atomic E-state index is 12.8. The first-order valence-corrected chi connectivity index (χ1v) is 10.2. The Kier molecular flexibility index (Phi) is 6.91. The Morgan fingerprint density at radius 1 is 1.10 bits per heavy atom. The Hall–Kier alpha value is -3.39. The van der Waals surface area contributed by atoms with Gasteiger partial charge in [-0.1, -0.05) is 42.5 Å². The highest BCUT2D eigenvalue weighted by Crippen LogP contribution is 2.36. The average Bonchev–Trinajstić information content (AvgIpc) is 3.16. The first kappa shape index (κ1) is 22.3. The number of nitrogens with one attached hydrogen (secondary N) is 1. The molecule has 0 saturated carbocycles. The third-order valence-electron chi connectivity index (χ3n) is 4.23. The van der Waals surface area contributed by atoms with Crippen LogP contribution < -0.4 is 5.32 Å². The molecule has 160 valence electrons. The van der Waals surface area contributed by atoms with Gasteiger partial charge in [0, 0.05) is 17.0 Å². The van der Waals surface area contributed by atoms with Crippen molar-refractivity contribution in [3.05, 3.63) is 82.7 Å². The van der Waals surface area contributed by atoms with Gasteiger partial charge in [-0.2, -0.15) is 13.2 Å². The van der Waals surface area contributed by atoms with Crippen LogP contribution in [0.4, 0.5) is 18.2 Å². The highest BCUT2D eigenvalue weighted by Gasteiger charge is 2.30. The number of halogens is 3. The molecule has 31 heavy (non-hydrogen) atoms. The van der Waals surface area contributed by atoms with Gasteiger partial charge in [-0.3, -0.25) is 4.79 Å². The fraction of sp³-hybridized carbons (Fsp3) is 0.130. The Morgan fingerprint density at radius 3 is 2.52 bits per heavy atom. The third kappa shape index (κ3) is 5.61. The second kappa shape index (κ2) is 9.61. The van der Waals surface area contributed by atoms with Gasteiger partial charge in [0.2, 0.25) is 5.91 Å². The summed E-state index contributed by atoms with van der Waals surface area (Å²) in [6.07, 6.45) is -2.07. The van der Waals surface area contributed by atoms with E-state index in [1.807, 2.05) is 30.3 Å². The van der Waals surface area contributed by atoms with Crippen LogP contribution in [0.2, 0.25) is 0 Å². The van der Waals surface area contributed by atoms with E-state index in [2.05, 4.69) is 5.32 Å². The molecule has 1 amide bonds. The van der Waals surface area contributed by atoms with Gasteiger partial charge in [0.05, 0.1) is 12.2 Å². The van der Waals surface area contributed by atoms with Gasteiger partial charge in [0.25, 0.3) is 0 Å². The minimum atomic E-state index is -4.47. The minimum absolute atomic E-state index is 0.172. The third-order valence-corrected chi connectivity index (χ3v) is 5.13. The Balaban J connectivity index is 1.84. The summed E-state index contributed by atoms with van der Waals surface area (Å²) in [5.41, 5.74) is 1.08. The number of alkyl halides is 3. The molecule has 3 rings (SSSR count). The van der Waals surface area contributed by atoms with E-state index in [-0.39, 0.29) is 17.7 Å². The molecule has 0 bridgehead atoms. The van der Waals surface area contributed by atoms with Crippen LogP contribution in [0.1, 0.15) is 28.4 Å². The Bertz CT molecular complexity index is 1100. The second-order valence-corrected chi connectivity index (χ2v) is 7.27. The molecule has 4 nitrogen and oxygen atoms in total. The number of hydrogen-bond donors (Lipinski definition) is 1. The number of esters is 1. The fourth-order valence-corrected chi connectivity index (χ4v) is 3.79. The standard InChI is InChI=1S/C23H18F3NO3S/c1-2-30-22(29)20-18(16-8-4-3-5-9-16)14-31-21(20)27-19(28)12-11-15-7-6-10-17(13-15)23(24,25)26/h3-14H,2H2,1H3,(H,27,28). The number of carbonyl (C=O) groups is 2. The van der Waals surface area contributed by atoms with Gasteiger partial charge in [0.15, 0.2) is 0 Å². The SMILES string of the molecule is CCOC(=O)c1c(-c2ccccc2)csc1NC(=O)C=Cc1cccc(C(F)(F)F)c1. The number of benzene rings is 2. The summed E-state index contributed by atoms with van der Waals surface area (Å²) >= 11 is 1.17. The van der Waals surface area contributed by atoms with Crippen LogP contribution in [0, 0.1) is 0 Å². The highest BCUT2D eigenvalue weighted by atomic mass is 32.1. The van der Waals surface area contributed by atoms with E-state index < -0.39 is 23.6 Å². The Morgan fingerprint density at radius 2 is 1.84 bits per heavy atom. The molecule has 0 aliphatic carbocycles. The molecule has 0 atom stereocenters. The van der Waals surface area contributed by atoms with Crippen LogP contribution >= 0.6 is 11.3 Å². The highest BCUT2D eigenvalue weighted by molar-refractivity contribution is 7.15.